The number of hydrogen-bond donors (Lipinski definition) is 3. The molecule has 2 unspecified atom stereocenters. The molecule has 0 aliphatic rings. The van der Waals surface area contributed by atoms with E-state index in [0.29, 0.717) is 19.4 Å². The van der Waals surface area contributed by atoms with Crippen LogP contribution in [-0.2, 0) is 14.3 Å². The van der Waals surface area contributed by atoms with Crippen LogP contribution >= 0.6 is 0 Å². The van der Waals surface area contributed by atoms with Crippen LogP contribution < -0.4 is 5.32 Å². The Bertz CT molecular complexity index is 1340. The first kappa shape index (κ1) is 74.6. The van der Waals surface area contributed by atoms with Crippen LogP contribution in [0.25, 0.3) is 0 Å². The highest BCUT2D eigenvalue weighted by Gasteiger charge is 2.18. The topological polar surface area (TPSA) is 95.9 Å². The van der Waals surface area contributed by atoms with Crippen LogP contribution in [0.4, 0.5) is 0 Å². The highest BCUT2D eigenvalue weighted by molar-refractivity contribution is 5.76. The molecule has 0 fully saturated rings. The molecule has 450 valence electrons. The minimum Gasteiger partial charge on any atom is -0.465 e. The summed E-state index contributed by atoms with van der Waals surface area (Å²) in [6.45, 7) is 4.79. The molecule has 77 heavy (non-hydrogen) atoms. The van der Waals surface area contributed by atoms with E-state index in [9.17, 15) is 19.8 Å². The zero-order chi connectivity index (χ0) is 55.7. The van der Waals surface area contributed by atoms with Crippen LogP contribution in [0.1, 0.15) is 354 Å². The molecule has 1 amide bonds. The lowest BCUT2D eigenvalue weighted by Gasteiger charge is -2.20. The van der Waals surface area contributed by atoms with Gasteiger partial charge in [-0.1, -0.05) is 319 Å². The molecule has 0 aromatic heterocycles. The van der Waals surface area contributed by atoms with Crippen LogP contribution in [0.5, 0.6) is 0 Å². The maximum atomic E-state index is 12.5. The molecule has 0 saturated carbocycles. The number of carbonyl (C=O) groups is 2. The van der Waals surface area contributed by atoms with Crippen LogP contribution in [0.15, 0.2) is 60.8 Å². The Hall–Kier alpha value is -2.44. The third kappa shape index (κ3) is 62.6. The van der Waals surface area contributed by atoms with E-state index in [-0.39, 0.29) is 18.5 Å². The van der Waals surface area contributed by atoms with Gasteiger partial charge in [0.05, 0.1) is 25.4 Å². The Labute approximate surface area is 479 Å². The van der Waals surface area contributed by atoms with E-state index in [4.69, 9.17) is 4.74 Å². The number of allylic oxidation sites excluding steroid dienone is 8. The zero-order valence-corrected chi connectivity index (χ0v) is 51.4. The van der Waals surface area contributed by atoms with Crippen molar-refractivity contribution in [1.29, 1.82) is 0 Å². The molecule has 0 aliphatic heterocycles. The number of amides is 1. The summed E-state index contributed by atoms with van der Waals surface area (Å²) in [6, 6.07) is -0.635. The van der Waals surface area contributed by atoms with Crippen molar-refractivity contribution in [1.82, 2.24) is 5.32 Å². The summed E-state index contributed by atoms with van der Waals surface area (Å²) in [5.74, 6) is -0.120. The number of nitrogens with one attached hydrogen (secondary N) is 1. The summed E-state index contributed by atoms with van der Waals surface area (Å²) < 4.78 is 5.42. The molecule has 0 radical (unpaired) electrons. The van der Waals surface area contributed by atoms with E-state index in [1.54, 1.807) is 6.08 Å². The number of hydrogen-bond acceptors (Lipinski definition) is 5. The minimum absolute atomic E-state index is 0.0494. The molecule has 6 nitrogen and oxygen atoms in total. The Morgan fingerprint density at radius 3 is 1.00 bits per heavy atom. The summed E-state index contributed by atoms with van der Waals surface area (Å²) in [7, 11) is 0. The lowest BCUT2D eigenvalue weighted by atomic mass is 10.0. The van der Waals surface area contributed by atoms with Gasteiger partial charge in [-0.2, -0.15) is 0 Å². The average molecular weight is 1080 g/mol. The van der Waals surface area contributed by atoms with Gasteiger partial charge in [0.25, 0.3) is 0 Å². The fourth-order valence-electron chi connectivity index (χ4n) is 10.3. The molecule has 0 heterocycles. The van der Waals surface area contributed by atoms with Gasteiger partial charge in [-0.05, 0) is 83.5 Å². The summed E-state index contributed by atoms with van der Waals surface area (Å²) in [5.41, 5.74) is 0. The monoisotopic (exact) mass is 1080 g/mol. The molecular formula is C71H131NO5. The summed E-state index contributed by atoms with van der Waals surface area (Å²) in [5, 5.41) is 23.3. The highest BCUT2D eigenvalue weighted by atomic mass is 16.5. The zero-order valence-electron chi connectivity index (χ0n) is 51.4. The number of aliphatic hydroxyl groups is 2. The number of rotatable bonds is 63. The van der Waals surface area contributed by atoms with Crippen LogP contribution in [0.2, 0.25) is 0 Å². The molecule has 0 saturated heterocycles. The van der Waals surface area contributed by atoms with Crippen molar-refractivity contribution in [3.63, 3.8) is 0 Å². The Kier molecular flexibility index (Phi) is 64.0. The smallest absolute Gasteiger partial charge is 0.305 e. The third-order valence-electron chi connectivity index (χ3n) is 15.5. The maximum Gasteiger partial charge on any atom is 0.305 e. The molecule has 3 N–H and O–H groups in total. The number of ether oxygens (including phenoxy) is 1. The lowest BCUT2D eigenvalue weighted by Crippen LogP contribution is -2.45. The summed E-state index contributed by atoms with van der Waals surface area (Å²) in [4.78, 5) is 24.6. The van der Waals surface area contributed by atoms with Crippen molar-refractivity contribution in [2.45, 2.75) is 366 Å². The van der Waals surface area contributed by atoms with E-state index in [1.807, 2.05) is 6.08 Å². The SMILES string of the molecule is CCCCCC/C=C\C/C=C\CCCCCCCC(=O)OCC/C=C\C/C=C\CCCCCCCCCCCCCCCCC(=O)NC(CO)C(O)/C=C/CCCCCCCCCCCCCCCCCCCCCCC. The van der Waals surface area contributed by atoms with E-state index in [0.717, 1.165) is 64.2 Å². The molecule has 0 aromatic carbocycles. The summed E-state index contributed by atoms with van der Waals surface area (Å²) in [6.07, 6.45) is 87.2. The number of aliphatic hydroxyl groups excluding tert-OH is 2. The van der Waals surface area contributed by atoms with E-state index < -0.39 is 12.1 Å². The third-order valence-corrected chi connectivity index (χ3v) is 15.5. The Morgan fingerprint density at radius 2 is 0.649 bits per heavy atom. The molecule has 0 bridgehead atoms. The van der Waals surface area contributed by atoms with Gasteiger partial charge >= 0.3 is 5.97 Å². The van der Waals surface area contributed by atoms with Crippen LogP contribution in [0, 0.1) is 0 Å². The average Bonchev–Trinajstić information content (AvgIpc) is 3.43. The number of unbranched alkanes of at least 4 members (excludes halogenated alkanes) is 44. The summed E-state index contributed by atoms with van der Waals surface area (Å²) >= 11 is 0. The number of esters is 1. The van der Waals surface area contributed by atoms with Gasteiger partial charge < -0.3 is 20.3 Å². The fraction of sp³-hybridized carbons (Fsp3) is 0.831. The van der Waals surface area contributed by atoms with Gasteiger partial charge in [0.2, 0.25) is 5.91 Å². The molecule has 0 aromatic rings. The van der Waals surface area contributed by atoms with Gasteiger partial charge in [0.15, 0.2) is 0 Å². The molecule has 2 atom stereocenters. The second-order valence-corrected chi connectivity index (χ2v) is 23.1. The second-order valence-electron chi connectivity index (χ2n) is 23.1. The maximum absolute atomic E-state index is 12.5. The molecular weight excluding hydrogens is 947 g/mol. The van der Waals surface area contributed by atoms with Gasteiger partial charge in [0, 0.05) is 12.8 Å². The number of carbonyl (C=O) groups excluding carboxylic acids is 2. The molecule has 0 rings (SSSR count). The van der Waals surface area contributed by atoms with Gasteiger partial charge in [-0.15, -0.1) is 0 Å². The van der Waals surface area contributed by atoms with Crippen molar-refractivity contribution in [2.75, 3.05) is 13.2 Å². The van der Waals surface area contributed by atoms with E-state index >= 15 is 0 Å². The van der Waals surface area contributed by atoms with Crippen molar-refractivity contribution >= 4 is 11.9 Å². The van der Waals surface area contributed by atoms with Crippen LogP contribution in [0.3, 0.4) is 0 Å². The van der Waals surface area contributed by atoms with Crippen molar-refractivity contribution in [2.24, 2.45) is 0 Å². The van der Waals surface area contributed by atoms with Gasteiger partial charge in [-0.3, -0.25) is 9.59 Å². The van der Waals surface area contributed by atoms with Gasteiger partial charge in [0.1, 0.15) is 0 Å². The van der Waals surface area contributed by atoms with E-state index in [1.165, 1.54) is 263 Å². The normalized spacial score (nSPS) is 12.9. The molecule has 0 spiro atoms. The van der Waals surface area contributed by atoms with Crippen molar-refractivity contribution < 1.29 is 24.5 Å². The standard InChI is InChI=1S/C71H131NO5/c1-3-5-7-9-11-13-15-17-19-21-22-23-24-26-29-32-35-39-43-47-51-55-59-63-69(74)68(67-73)72-70(75)64-60-56-52-48-44-40-36-33-30-27-25-28-31-34-38-42-46-50-54-58-62-66-77-71(76)65-61-57-53-49-45-41-37-20-18-16-14-12-10-8-6-4-2/h14,16,20,37,42,46,54,58-59,63,68-69,73-74H,3-13,15,17-19,21-36,38-41,43-45,47-53,55-57,60-62,64-67H2,1-2H3,(H,72,75)/b16-14-,37-20-,46-42-,58-54-,63-59+. The predicted octanol–water partition coefficient (Wildman–Crippen LogP) is 21.9. The van der Waals surface area contributed by atoms with Crippen LogP contribution in [-0.4, -0.2) is 47.4 Å². The second kappa shape index (κ2) is 66.1. The highest BCUT2D eigenvalue weighted by Crippen LogP contribution is 2.18. The van der Waals surface area contributed by atoms with Crippen molar-refractivity contribution in [3.05, 3.63) is 60.8 Å². The Morgan fingerprint density at radius 1 is 0.364 bits per heavy atom. The van der Waals surface area contributed by atoms with Gasteiger partial charge in [-0.25, -0.2) is 0 Å². The molecule has 0 aliphatic carbocycles. The first-order chi connectivity index (χ1) is 38.0. The first-order valence-corrected chi connectivity index (χ1v) is 34.1. The van der Waals surface area contributed by atoms with Crippen molar-refractivity contribution in [3.8, 4) is 0 Å². The predicted molar refractivity (Wildman–Crippen MR) is 338 cm³/mol. The van der Waals surface area contributed by atoms with E-state index in [2.05, 4.69) is 67.8 Å². The molecule has 6 heteroatoms. The lowest BCUT2D eigenvalue weighted by molar-refractivity contribution is -0.143. The quantitative estimate of drug-likeness (QED) is 0.0320. The Balaban J connectivity index is 3.49. The fourth-order valence-corrected chi connectivity index (χ4v) is 10.3. The minimum atomic E-state index is -0.851. The first-order valence-electron chi connectivity index (χ1n) is 34.1. The largest absolute Gasteiger partial charge is 0.465 e.